The molecule has 0 aliphatic carbocycles. The Kier molecular flexibility index (Phi) is 19.7. The molecule has 0 aliphatic rings. The number of nitro groups is 2. The summed E-state index contributed by atoms with van der Waals surface area (Å²) in [7, 11) is 0. The van der Waals surface area contributed by atoms with Crippen LogP contribution >= 0.6 is 0 Å². The molecule has 0 unspecified atom stereocenters. The zero-order chi connectivity index (χ0) is 20.0. The van der Waals surface area contributed by atoms with Gasteiger partial charge in [0.25, 0.3) is 11.4 Å². The topological polar surface area (TPSA) is 339 Å². The monoisotopic (exact) mass is 504 g/mol. The molecule has 0 saturated carbocycles. The molecule has 0 atom stereocenters. The first-order valence-corrected chi connectivity index (χ1v) is 6.42. The molecule has 0 heterocycles. The smallest absolute Gasteiger partial charge is 0.872 e. The molecule has 0 bridgehead atoms. The van der Waals surface area contributed by atoms with Gasteiger partial charge in [-0.3, -0.25) is 20.2 Å². The van der Waals surface area contributed by atoms with Crippen LogP contribution in [0.3, 0.4) is 0 Å². The zero-order valence-corrected chi connectivity index (χ0v) is 18.5. The Hall–Kier alpha value is -3.76. The summed E-state index contributed by atoms with van der Waals surface area (Å²) in [6.07, 6.45) is 0. The third-order valence-electron chi connectivity index (χ3n) is 2.81. The molecule has 0 aromatic heterocycles. The van der Waals surface area contributed by atoms with Gasteiger partial charge in [0.2, 0.25) is 0 Å². The van der Waals surface area contributed by atoms with Crippen molar-refractivity contribution < 1.29 is 81.2 Å². The largest absolute Gasteiger partial charge is 2.00 e. The van der Waals surface area contributed by atoms with Crippen molar-refractivity contribution in [3.8, 4) is 11.5 Å². The van der Waals surface area contributed by atoms with Gasteiger partial charge in [0.1, 0.15) is 0 Å². The second kappa shape index (κ2) is 16.1. The van der Waals surface area contributed by atoms with Crippen LogP contribution in [0.4, 0.5) is 11.4 Å². The van der Waals surface area contributed by atoms with E-state index in [4.69, 9.17) is 10.2 Å². The molecule has 16 nitrogen and oxygen atoms in total. The normalized spacial score (nSPS) is 8.00. The molecule has 2 aromatic rings. The molecular weight excluding hydrogens is 486 g/mol. The summed E-state index contributed by atoms with van der Waals surface area (Å²) in [5, 5.41) is 59.0. The number of benzene rings is 2. The molecule has 2 rings (SSSR count). The van der Waals surface area contributed by atoms with Crippen molar-refractivity contribution in [2.75, 3.05) is 0 Å². The second-order valence-electron chi connectivity index (χ2n) is 4.49. The van der Waals surface area contributed by atoms with E-state index in [9.17, 15) is 40.0 Å². The number of carboxylic acid groups (broad SMARTS) is 2. The SMILES string of the molecule is O=C(O)c1ccc([N+](=O)[O-])cc1[O-].O=C(O)c1ccc([N+](=O)[O-])cc1[O-].[OH3+].[OH3+].[OH3+].[OH3+].[Zn+2]. The molecule has 2 aromatic carbocycles. The maximum Gasteiger partial charge on any atom is 2.00 e. The Morgan fingerprint density at radius 3 is 1.10 bits per heavy atom. The summed E-state index contributed by atoms with van der Waals surface area (Å²) in [6.45, 7) is 0. The third-order valence-corrected chi connectivity index (χ3v) is 2.81. The fourth-order valence-electron chi connectivity index (χ4n) is 1.60. The standard InChI is InChI=1S/2C7H5NO5.4H2O.Zn/c2*9-6-3-4(8(12)13)1-2-5(6)7(10)11;;;;;/h2*1-3,9H,(H,10,11);4*1H2;/q;;;;;;+2/p+2. The first-order valence-electron chi connectivity index (χ1n) is 6.42. The second-order valence-corrected chi connectivity index (χ2v) is 4.49. The molecule has 17 heteroatoms. The van der Waals surface area contributed by atoms with Gasteiger partial charge >= 0.3 is 31.4 Å². The number of nitrogens with zero attached hydrogens (tertiary/aromatic N) is 2. The Bertz CT molecular complexity index is 831. The quantitative estimate of drug-likeness (QED) is 0.184. The van der Waals surface area contributed by atoms with Crippen molar-refractivity contribution >= 4 is 23.3 Å². The summed E-state index contributed by atoms with van der Waals surface area (Å²) >= 11 is 0. The molecule has 0 spiro atoms. The molecule has 0 amide bonds. The predicted octanol–water partition coefficient (Wildman–Crippen LogP) is -2.96. The van der Waals surface area contributed by atoms with Gasteiger partial charge < -0.3 is 42.3 Å². The van der Waals surface area contributed by atoms with Crippen LogP contribution in [0.2, 0.25) is 0 Å². The average molecular weight is 506 g/mol. The summed E-state index contributed by atoms with van der Waals surface area (Å²) in [4.78, 5) is 39.5. The summed E-state index contributed by atoms with van der Waals surface area (Å²) < 4.78 is 0. The van der Waals surface area contributed by atoms with Crippen molar-refractivity contribution in [1.82, 2.24) is 0 Å². The number of carbonyl (C=O) groups is 2. The van der Waals surface area contributed by atoms with Gasteiger partial charge in [-0.1, -0.05) is 11.5 Å². The summed E-state index contributed by atoms with van der Waals surface area (Å²) in [5.74, 6) is -4.50. The van der Waals surface area contributed by atoms with E-state index in [0.717, 1.165) is 24.3 Å². The van der Waals surface area contributed by atoms with E-state index in [1.165, 1.54) is 0 Å². The molecule has 0 saturated heterocycles. The Balaban J connectivity index is -0.000000125. The van der Waals surface area contributed by atoms with Crippen LogP contribution in [0.1, 0.15) is 20.7 Å². The maximum absolute atomic E-state index is 10.9. The number of hydrogen-bond acceptors (Lipinski definition) is 8. The number of non-ortho nitro benzene ring substituents is 2. The minimum absolute atomic E-state index is 0. The van der Waals surface area contributed by atoms with Gasteiger partial charge in [0.15, 0.2) is 0 Å². The average Bonchev–Trinajstić information content (AvgIpc) is 2.54. The van der Waals surface area contributed by atoms with E-state index >= 15 is 0 Å². The van der Waals surface area contributed by atoms with Crippen molar-refractivity contribution in [3.05, 3.63) is 67.8 Å². The van der Waals surface area contributed by atoms with Crippen LogP contribution in [0.25, 0.3) is 0 Å². The van der Waals surface area contributed by atoms with Crippen LogP contribution in [-0.4, -0.2) is 32.0 Å². The van der Waals surface area contributed by atoms with E-state index in [0.29, 0.717) is 12.1 Å². The first-order chi connectivity index (χ1) is 12.0. The Labute approximate surface area is 184 Å². The van der Waals surface area contributed by atoms with Crippen LogP contribution in [0, 0.1) is 20.2 Å². The van der Waals surface area contributed by atoms with Crippen molar-refractivity contribution in [2.45, 2.75) is 0 Å². The minimum Gasteiger partial charge on any atom is -0.872 e. The number of aromatic carboxylic acids is 2. The molecule has 168 valence electrons. The number of rotatable bonds is 4. The van der Waals surface area contributed by atoms with E-state index in [1.807, 2.05) is 0 Å². The van der Waals surface area contributed by atoms with Gasteiger partial charge in [0, 0.05) is 24.3 Å². The molecule has 0 fully saturated rings. The third kappa shape index (κ3) is 10.5. The molecule has 31 heavy (non-hydrogen) atoms. The molecule has 0 radical (unpaired) electrons. The number of carboxylic acids is 2. The molecule has 14 N–H and O–H groups in total. The van der Waals surface area contributed by atoms with E-state index in [2.05, 4.69) is 0 Å². The van der Waals surface area contributed by atoms with E-state index < -0.39 is 55.8 Å². The van der Waals surface area contributed by atoms with Gasteiger partial charge in [-0.2, -0.15) is 0 Å². The fraction of sp³-hybridized carbons (Fsp3) is 0. The predicted molar refractivity (Wildman–Crippen MR) is 98.5 cm³/mol. The molecular formula is C14H20N2O14Zn+4. The Morgan fingerprint density at radius 2 is 0.935 bits per heavy atom. The van der Waals surface area contributed by atoms with Crippen molar-refractivity contribution in [1.29, 1.82) is 0 Å². The fourth-order valence-corrected chi connectivity index (χ4v) is 1.60. The first kappa shape index (κ1) is 37.9. The summed E-state index contributed by atoms with van der Waals surface area (Å²) in [5.41, 5.74) is -1.75. The Morgan fingerprint density at radius 1 is 0.677 bits per heavy atom. The maximum atomic E-state index is 10.9. The van der Waals surface area contributed by atoms with Crippen molar-refractivity contribution in [2.24, 2.45) is 0 Å². The van der Waals surface area contributed by atoms with Gasteiger partial charge in [-0.25, -0.2) is 9.59 Å². The van der Waals surface area contributed by atoms with Gasteiger partial charge in [-0.05, 0) is 12.1 Å². The number of nitro benzene ring substituents is 2. The number of hydrogen-bond donors (Lipinski definition) is 2. The zero-order valence-electron chi connectivity index (χ0n) is 15.5. The van der Waals surface area contributed by atoms with E-state index in [-0.39, 0.29) is 41.4 Å². The summed E-state index contributed by atoms with van der Waals surface area (Å²) in [6, 6.07) is 5.16. The van der Waals surface area contributed by atoms with Gasteiger partial charge in [-0.15, -0.1) is 0 Å². The van der Waals surface area contributed by atoms with Crippen LogP contribution < -0.4 is 10.2 Å². The van der Waals surface area contributed by atoms with Crippen LogP contribution in [0.15, 0.2) is 36.4 Å². The van der Waals surface area contributed by atoms with E-state index in [1.54, 1.807) is 0 Å². The van der Waals surface area contributed by atoms with Gasteiger partial charge in [0.05, 0.1) is 21.0 Å². The minimum atomic E-state index is -1.39. The van der Waals surface area contributed by atoms with Crippen molar-refractivity contribution in [3.63, 3.8) is 0 Å². The van der Waals surface area contributed by atoms with Crippen LogP contribution in [-0.2, 0) is 41.4 Å². The van der Waals surface area contributed by atoms with Crippen LogP contribution in [0.5, 0.6) is 11.5 Å². The molecule has 0 aliphatic heterocycles.